The van der Waals surface area contributed by atoms with E-state index in [1.807, 2.05) is 37.3 Å². The first-order valence-electron chi connectivity index (χ1n) is 6.77. The van der Waals surface area contributed by atoms with E-state index in [1.165, 1.54) is 0 Å². The molecule has 0 aliphatic carbocycles. The first-order valence-corrected chi connectivity index (χ1v) is 6.77. The molecule has 0 bridgehead atoms. The molecular weight excluding hydrogens is 266 g/mol. The lowest BCUT2D eigenvalue weighted by atomic mass is 10.1. The first-order chi connectivity index (χ1) is 10.2. The Labute approximate surface area is 123 Å². The summed E-state index contributed by atoms with van der Waals surface area (Å²) in [6.07, 6.45) is 0.207. The number of carbonyl (C=O) groups is 2. The second-order valence-corrected chi connectivity index (χ2v) is 5.08. The van der Waals surface area contributed by atoms with E-state index in [-0.39, 0.29) is 18.6 Å². The normalized spacial score (nSPS) is 17.7. The van der Waals surface area contributed by atoms with Gasteiger partial charge in [-0.3, -0.25) is 14.5 Å². The molecule has 0 N–H and O–H groups in total. The van der Waals surface area contributed by atoms with E-state index in [9.17, 15) is 9.59 Å². The fourth-order valence-corrected chi connectivity index (χ4v) is 2.40. The quantitative estimate of drug-likeness (QED) is 0.795. The summed E-state index contributed by atoms with van der Waals surface area (Å²) in [4.78, 5) is 24.7. The largest absolute Gasteiger partial charge is 0.483 e. The lowest BCUT2D eigenvalue weighted by Gasteiger charge is -2.20. The molecule has 2 aromatic carbocycles. The monoisotopic (exact) mass is 281 g/mol. The van der Waals surface area contributed by atoms with E-state index in [1.54, 1.807) is 18.2 Å². The van der Waals surface area contributed by atoms with Crippen LogP contribution >= 0.6 is 0 Å². The lowest BCUT2D eigenvalue weighted by Crippen LogP contribution is -2.32. The van der Waals surface area contributed by atoms with Crippen LogP contribution < -0.4 is 4.74 Å². The molecule has 0 saturated heterocycles. The van der Waals surface area contributed by atoms with Gasteiger partial charge in [-0.05, 0) is 24.6 Å². The van der Waals surface area contributed by atoms with Crippen LogP contribution in [-0.2, 0) is 4.79 Å². The highest BCUT2D eigenvalue weighted by molar-refractivity contribution is 6.02. The zero-order valence-corrected chi connectivity index (χ0v) is 11.7. The third kappa shape index (κ3) is 2.52. The molecule has 4 heteroatoms. The van der Waals surface area contributed by atoms with Crippen LogP contribution in [0, 0.1) is 6.92 Å². The second kappa shape index (κ2) is 5.40. The second-order valence-electron chi connectivity index (χ2n) is 5.08. The van der Waals surface area contributed by atoms with Gasteiger partial charge >= 0.3 is 0 Å². The van der Waals surface area contributed by atoms with Crippen molar-refractivity contribution in [1.29, 1.82) is 0 Å². The van der Waals surface area contributed by atoms with Crippen LogP contribution in [0.25, 0.3) is 0 Å². The van der Waals surface area contributed by atoms with Gasteiger partial charge in [0.15, 0.2) is 0 Å². The third-order valence-corrected chi connectivity index (χ3v) is 3.59. The fraction of sp³-hybridized carbons (Fsp3) is 0.176. The Hall–Kier alpha value is -2.62. The predicted octanol–water partition coefficient (Wildman–Crippen LogP) is 2.73. The van der Waals surface area contributed by atoms with Crippen LogP contribution in [0.4, 0.5) is 0 Å². The highest BCUT2D eigenvalue weighted by Gasteiger charge is 2.29. The summed E-state index contributed by atoms with van der Waals surface area (Å²) in [6.45, 7) is 2.22. The molecule has 1 unspecified atom stereocenters. The first kappa shape index (κ1) is 13.4. The van der Waals surface area contributed by atoms with Crippen molar-refractivity contribution in [2.45, 2.75) is 13.0 Å². The number of hydrogen-bond donors (Lipinski definition) is 0. The van der Waals surface area contributed by atoms with Crippen molar-refractivity contribution in [3.05, 3.63) is 65.2 Å². The van der Waals surface area contributed by atoms with Gasteiger partial charge in [-0.2, -0.15) is 0 Å². The third-order valence-electron chi connectivity index (χ3n) is 3.59. The molecule has 0 saturated carbocycles. The van der Waals surface area contributed by atoms with E-state index in [0.717, 1.165) is 16.0 Å². The minimum atomic E-state index is -0.358. The molecule has 4 nitrogen and oxygen atoms in total. The average molecular weight is 281 g/mol. The summed E-state index contributed by atoms with van der Waals surface area (Å²) in [5.41, 5.74) is 2.51. The van der Waals surface area contributed by atoms with Gasteiger partial charge in [0.1, 0.15) is 11.9 Å². The van der Waals surface area contributed by atoms with Crippen molar-refractivity contribution in [2.75, 3.05) is 6.54 Å². The number of para-hydroxylation sites is 1. The Morgan fingerprint density at radius 1 is 1.14 bits per heavy atom. The molecule has 0 spiro atoms. The number of amides is 2. The number of aryl methyl sites for hydroxylation is 1. The van der Waals surface area contributed by atoms with Gasteiger partial charge in [0, 0.05) is 0 Å². The number of rotatable bonds is 2. The van der Waals surface area contributed by atoms with Crippen LogP contribution in [0.5, 0.6) is 5.75 Å². The number of imide groups is 1. The molecule has 2 amide bonds. The molecule has 1 atom stereocenters. The molecule has 0 aromatic heterocycles. The van der Waals surface area contributed by atoms with E-state index < -0.39 is 0 Å². The number of nitrogens with zero attached hydrogens (tertiary/aromatic N) is 1. The zero-order valence-electron chi connectivity index (χ0n) is 11.7. The molecule has 0 fully saturated rings. The molecule has 21 heavy (non-hydrogen) atoms. The zero-order chi connectivity index (χ0) is 14.8. The molecular formula is C17H15NO3. The number of ether oxygens (including phenoxy) is 1. The molecule has 2 aromatic rings. The van der Waals surface area contributed by atoms with Gasteiger partial charge in [-0.25, -0.2) is 0 Å². The predicted molar refractivity (Wildman–Crippen MR) is 78.1 cm³/mol. The highest BCUT2D eigenvalue weighted by Crippen LogP contribution is 2.30. The maximum absolute atomic E-state index is 12.3. The summed E-state index contributed by atoms with van der Waals surface area (Å²) < 4.78 is 5.96. The highest BCUT2D eigenvalue weighted by atomic mass is 16.5. The fourth-order valence-electron chi connectivity index (χ4n) is 2.40. The van der Waals surface area contributed by atoms with Gasteiger partial charge < -0.3 is 4.74 Å². The van der Waals surface area contributed by atoms with Gasteiger partial charge in [-0.15, -0.1) is 0 Å². The number of carbonyl (C=O) groups excluding carboxylic acids is 2. The summed E-state index contributed by atoms with van der Waals surface area (Å²) >= 11 is 0. The van der Waals surface area contributed by atoms with Crippen molar-refractivity contribution < 1.29 is 14.3 Å². The summed E-state index contributed by atoms with van der Waals surface area (Å²) in [6, 6.07) is 14.9. The maximum Gasteiger partial charge on any atom is 0.264 e. The Kier molecular flexibility index (Phi) is 3.44. The van der Waals surface area contributed by atoms with Crippen molar-refractivity contribution in [1.82, 2.24) is 4.90 Å². The minimum absolute atomic E-state index is 0.208. The molecule has 106 valence electrons. The molecule has 0 radical (unpaired) electrons. The summed E-state index contributed by atoms with van der Waals surface area (Å²) in [5, 5.41) is 0. The molecule has 1 aliphatic heterocycles. The van der Waals surface area contributed by atoms with E-state index >= 15 is 0 Å². The maximum atomic E-state index is 12.3. The van der Waals surface area contributed by atoms with Crippen molar-refractivity contribution in [3.8, 4) is 5.75 Å². The van der Waals surface area contributed by atoms with Crippen LogP contribution in [0.1, 0.15) is 27.6 Å². The van der Waals surface area contributed by atoms with Gasteiger partial charge in [0.05, 0.1) is 12.1 Å². The number of benzene rings is 2. The Morgan fingerprint density at radius 2 is 1.86 bits per heavy atom. The number of hydrogen-bond acceptors (Lipinski definition) is 3. The van der Waals surface area contributed by atoms with Crippen molar-refractivity contribution in [2.24, 2.45) is 0 Å². The average Bonchev–Trinajstić information content (AvgIpc) is 2.65. The van der Waals surface area contributed by atoms with Gasteiger partial charge in [0.25, 0.3) is 5.91 Å². The topological polar surface area (TPSA) is 46.6 Å². The van der Waals surface area contributed by atoms with Crippen LogP contribution in [0.2, 0.25) is 0 Å². The van der Waals surface area contributed by atoms with E-state index in [4.69, 9.17) is 4.74 Å². The number of fused-ring (bicyclic) bond motifs is 1. The van der Waals surface area contributed by atoms with Gasteiger partial charge in [-0.1, -0.05) is 42.0 Å². The van der Waals surface area contributed by atoms with Crippen LogP contribution in [0.15, 0.2) is 48.5 Å². The van der Waals surface area contributed by atoms with E-state index in [0.29, 0.717) is 17.7 Å². The molecule has 1 aliphatic rings. The smallest absolute Gasteiger partial charge is 0.264 e. The van der Waals surface area contributed by atoms with Crippen molar-refractivity contribution in [3.63, 3.8) is 0 Å². The SMILES string of the molecule is Cc1ccc(C2CN(C=O)C(=O)c3ccccc3O2)cc1. The van der Waals surface area contributed by atoms with Crippen LogP contribution in [-0.4, -0.2) is 23.8 Å². The summed E-state index contributed by atoms with van der Waals surface area (Å²) in [5.74, 6) is 0.188. The van der Waals surface area contributed by atoms with Crippen molar-refractivity contribution >= 4 is 12.3 Å². The van der Waals surface area contributed by atoms with E-state index in [2.05, 4.69) is 0 Å². The van der Waals surface area contributed by atoms with Gasteiger partial charge in [0.2, 0.25) is 6.41 Å². The Bertz CT molecular complexity index is 679. The Balaban J connectivity index is 2.02. The lowest BCUT2D eigenvalue weighted by molar-refractivity contribution is -0.116. The van der Waals surface area contributed by atoms with Crippen LogP contribution in [0.3, 0.4) is 0 Å². The Morgan fingerprint density at radius 3 is 2.57 bits per heavy atom. The minimum Gasteiger partial charge on any atom is -0.483 e. The standard InChI is InChI=1S/C17H15NO3/c1-12-6-8-13(9-7-12)16-10-18(11-19)17(20)14-4-2-3-5-15(14)21-16/h2-9,11,16H,10H2,1H3. The molecule has 1 heterocycles. The molecule has 3 rings (SSSR count). The summed E-state index contributed by atoms with van der Waals surface area (Å²) in [7, 11) is 0.